The summed E-state index contributed by atoms with van der Waals surface area (Å²) in [4.78, 5) is 26.2. The lowest BCUT2D eigenvalue weighted by molar-refractivity contribution is -0.109. The summed E-state index contributed by atoms with van der Waals surface area (Å²) in [7, 11) is 0. The van der Waals surface area contributed by atoms with Gasteiger partial charge in [0.15, 0.2) is 0 Å². The van der Waals surface area contributed by atoms with Crippen LogP contribution in [0.1, 0.15) is 51.5 Å². The summed E-state index contributed by atoms with van der Waals surface area (Å²) in [6.07, 6.45) is 3.70. The Labute approximate surface area is 238 Å². The number of nitrogens with one attached hydrogen (secondary N) is 1. The summed E-state index contributed by atoms with van der Waals surface area (Å²) in [6, 6.07) is 14.3. The predicted octanol–water partition coefficient (Wildman–Crippen LogP) is 7.18. The molecule has 9 heteroatoms. The molecule has 7 nitrogen and oxygen atoms in total. The summed E-state index contributed by atoms with van der Waals surface area (Å²) < 4.78 is 40.1. The number of amides is 2. The van der Waals surface area contributed by atoms with Gasteiger partial charge >= 0.3 is 6.03 Å². The van der Waals surface area contributed by atoms with Crippen LogP contribution in [0.4, 0.5) is 19.3 Å². The Morgan fingerprint density at radius 2 is 1.54 bits per heavy atom. The largest absolute Gasteiger partial charge is 0.457 e. The number of urea groups is 1. The van der Waals surface area contributed by atoms with E-state index in [-0.39, 0.29) is 17.5 Å². The van der Waals surface area contributed by atoms with Crippen LogP contribution in [-0.4, -0.2) is 41.0 Å². The SMILES string of the molecule is CC(C)CC1(O)CCN(C(=O)Nc2cc(Oc3ccc(F)cc3)cc(Oc3ccc(C4(C=O)CC4)c(F)c3)c2)CC1. The Balaban J connectivity index is 1.35. The number of rotatable bonds is 9. The normalized spacial score (nSPS) is 17.2. The molecule has 3 aromatic rings. The molecule has 2 fully saturated rings. The van der Waals surface area contributed by atoms with Crippen molar-refractivity contribution in [2.45, 2.75) is 57.0 Å². The molecule has 2 amide bonds. The smallest absolute Gasteiger partial charge is 0.321 e. The fourth-order valence-electron chi connectivity index (χ4n) is 5.38. The summed E-state index contributed by atoms with van der Waals surface area (Å²) in [5.41, 5.74) is -0.794. The number of aldehydes is 1. The van der Waals surface area contributed by atoms with Crippen molar-refractivity contribution >= 4 is 18.0 Å². The van der Waals surface area contributed by atoms with E-state index >= 15 is 0 Å². The Hall–Kier alpha value is -3.98. The molecule has 1 saturated heterocycles. The minimum Gasteiger partial charge on any atom is -0.457 e. The highest BCUT2D eigenvalue weighted by Crippen LogP contribution is 2.47. The number of carbonyl (C=O) groups is 2. The van der Waals surface area contributed by atoms with Crippen molar-refractivity contribution in [1.82, 2.24) is 4.90 Å². The predicted molar refractivity (Wildman–Crippen MR) is 151 cm³/mol. The average Bonchev–Trinajstić information content (AvgIpc) is 3.71. The maximum Gasteiger partial charge on any atom is 0.321 e. The van der Waals surface area contributed by atoms with Gasteiger partial charge in [-0.3, -0.25) is 0 Å². The van der Waals surface area contributed by atoms with E-state index in [1.54, 1.807) is 35.2 Å². The van der Waals surface area contributed by atoms with Crippen molar-refractivity contribution in [3.05, 3.63) is 77.9 Å². The molecule has 0 aromatic heterocycles. The first-order valence-corrected chi connectivity index (χ1v) is 13.9. The monoisotopic (exact) mass is 564 g/mol. The van der Waals surface area contributed by atoms with Crippen LogP contribution in [-0.2, 0) is 10.2 Å². The molecule has 1 heterocycles. The second-order valence-corrected chi connectivity index (χ2v) is 11.5. The number of halogens is 2. The van der Waals surface area contributed by atoms with Crippen molar-refractivity contribution in [2.75, 3.05) is 18.4 Å². The molecule has 0 atom stereocenters. The number of nitrogens with zero attached hydrogens (tertiary/aromatic N) is 1. The molecule has 1 aliphatic heterocycles. The Bertz CT molecular complexity index is 1410. The highest BCUT2D eigenvalue weighted by molar-refractivity contribution is 5.90. The molecule has 2 aliphatic rings. The molecule has 1 saturated carbocycles. The molecular formula is C32H34F2N2O5. The van der Waals surface area contributed by atoms with Crippen LogP contribution in [0.2, 0.25) is 0 Å². The number of hydrogen-bond donors (Lipinski definition) is 2. The zero-order chi connectivity index (χ0) is 29.2. The van der Waals surface area contributed by atoms with Gasteiger partial charge in [0.05, 0.1) is 11.0 Å². The summed E-state index contributed by atoms with van der Waals surface area (Å²) >= 11 is 0. The molecule has 0 bridgehead atoms. The number of anilines is 1. The first kappa shape index (κ1) is 28.5. The van der Waals surface area contributed by atoms with Gasteiger partial charge in [-0.2, -0.15) is 0 Å². The van der Waals surface area contributed by atoms with E-state index in [9.17, 15) is 23.5 Å². The van der Waals surface area contributed by atoms with E-state index in [0.29, 0.717) is 73.9 Å². The minimum absolute atomic E-state index is 0.213. The van der Waals surface area contributed by atoms with Gasteiger partial charge in [0.1, 0.15) is 40.9 Å². The molecule has 0 spiro atoms. The summed E-state index contributed by atoms with van der Waals surface area (Å²) in [5, 5.41) is 13.7. The molecule has 1 aliphatic carbocycles. The summed E-state index contributed by atoms with van der Waals surface area (Å²) in [6.45, 7) is 4.96. The highest BCUT2D eigenvalue weighted by Gasteiger charge is 2.46. The van der Waals surface area contributed by atoms with Gasteiger partial charge in [-0.05, 0) is 68.4 Å². The lowest BCUT2D eigenvalue weighted by Crippen LogP contribution is -2.48. The number of hydrogen-bond acceptors (Lipinski definition) is 5. The molecular weight excluding hydrogens is 530 g/mol. The van der Waals surface area contributed by atoms with Gasteiger partial charge in [0.2, 0.25) is 0 Å². The van der Waals surface area contributed by atoms with E-state index in [2.05, 4.69) is 19.2 Å². The standard InChI is InChI=1S/C32H34F2N2O5/c1-21(2)19-32(39)11-13-36(14-12-32)30(38)35-23-15-26(40-24-5-3-22(33)4-6-24)17-27(16-23)41-25-7-8-28(29(34)18-25)31(20-37)9-10-31/h3-8,15-18,20-21,39H,9-14,19H2,1-2H3,(H,35,38). The zero-order valence-corrected chi connectivity index (χ0v) is 23.2. The number of benzene rings is 3. The van der Waals surface area contributed by atoms with Crippen LogP contribution in [0.3, 0.4) is 0 Å². The van der Waals surface area contributed by atoms with Gasteiger partial charge in [-0.15, -0.1) is 0 Å². The van der Waals surface area contributed by atoms with E-state index in [4.69, 9.17) is 9.47 Å². The number of piperidine rings is 1. The Morgan fingerprint density at radius 1 is 0.927 bits per heavy atom. The molecule has 216 valence electrons. The molecule has 3 aromatic carbocycles. The van der Waals surface area contributed by atoms with Gasteiger partial charge in [0, 0.05) is 48.6 Å². The fraction of sp³-hybridized carbons (Fsp3) is 0.375. The van der Waals surface area contributed by atoms with Crippen molar-refractivity contribution in [3.63, 3.8) is 0 Å². The van der Waals surface area contributed by atoms with Crippen LogP contribution in [0.25, 0.3) is 0 Å². The fourth-order valence-corrected chi connectivity index (χ4v) is 5.38. The Kier molecular flexibility index (Phi) is 8.00. The molecule has 2 N–H and O–H groups in total. The lowest BCUT2D eigenvalue weighted by Gasteiger charge is -2.39. The van der Waals surface area contributed by atoms with Crippen LogP contribution in [0.5, 0.6) is 23.0 Å². The quantitative estimate of drug-likeness (QED) is 0.269. The van der Waals surface area contributed by atoms with Crippen LogP contribution in [0, 0.1) is 17.6 Å². The van der Waals surface area contributed by atoms with E-state index < -0.39 is 22.7 Å². The molecule has 5 rings (SSSR count). The Morgan fingerprint density at radius 3 is 2.10 bits per heavy atom. The first-order chi connectivity index (χ1) is 19.6. The van der Waals surface area contributed by atoms with Crippen LogP contribution in [0.15, 0.2) is 60.7 Å². The van der Waals surface area contributed by atoms with Crippen molar-refractivity contribution in [3.8, 4) is 23.0 Å². The third kappa shape index (κ3) is 6.85. The highest BCUT2D eigenvalue weighted by atomic mass is 19.1. The van der Waals surface area contributed by atoms with Crippen LogP contribution < -0.4 is 14.8 Å². The third-order valence-electron chi connectivity index (χ3n) is 7.68. The van der Waals surface area contributed by atoms with Gasteiger partial charge in [-0.25, -0.2) is 13.6 Å². The second kappa shape index (κ2) is 11.5. The van der Waals surface area contributed by atoms with E-state index in [0.717, 1.165) is 6.29 Å². The second-order valence-electron chi connectivity index (χ2n) is 11.5. The third-order valence-corrected chi connectivity index (χ3v) is 7.68. The number of carbonyl (C=O) groups excluding carboxylic acids is 2. The maximum absolute atomic E-state index is 14.9. The molecule has 41 heavy (non-hydrogen) atoms. The maximum atomic E-state index is 14.9. The lowest BCUT2D eigenvalue weighted by atomic mass is 9.84. The van der Waals surface area contributed by atoms with Crippen molar-refractivity contribution in [2.24, 2.45) is 5.92 Å². The minimum atomic E-state index is -0.773. The molecule has 0 unspecified atom stereocenters. The van der Waals surface area contributed by atoms with Gasteiger partial charge < -0.3 is 29.6 Å². The number of ether oxygens (including phenoxy) is 2. The molecule has 0 radical (unpaired) electrons. The summed E-state index contributed by atoms with van der Waals surface area (Å²) in [5.74, 6) is 0.592. The van der Waals surface area contributed by atoms with Gasteiger partial charge in [0.25, 0.3) is 0 Å². The average molecular weight is 565 g/mol. The first-order valence-electron chi connectivity index (χ1n) is 13.9. The van der Waals surface area contributed by atoms with E-state index in [1.165, 1.54) is 30.3 Å². The van der Waals surface area contributed by atoms with Gasteiger partial charge in [-0.1, -0.05) is 19.9 Å². The zero-order valence-electron chi connectivity index (χ0n) is 23.2. The van der Waals surface area contributed by atoms with E-state index in [1.807, 2.05) is 0 Å². The van der Waals surface area contributed by atoms with Crippen molar-refractivity contribution in [1.29, 1.82) is 0 Å². The topological polar surface area (TPSA) is 88.1 Å². The van der Waals surface area contributed by atoms with Crippen LogP contribution >= 0.6 is 0 Å². The van der Waals surface area contributed by atoms with Crippen molar-refractivity contribution < 1.29 is 33.0 Å². The number of likely N-dealkylation sites (tertiary alicyclic amines) is 1. The number of aliphatic hydroxyl groups is 1.